The van der Waals surface area contributed by atoms with Gasteiger partial charge in [-0.2, -0.15) is 5.10 Å². The molecule has 124 valence electrons. The molecule has 0 spiro atoms. The first-order valence-corrected chi connectivity index (χ1v) is 7.12. The van der Waals surface area contributed by atoms with Crippen LogP contribution in [-0.4, -0.2) is 46.7 Å². The Morgan fingerprint density at radius 2 is 2.09 bits per heavy atom. The lowest BCUT2D eigenvalue weighted by Gasteiger charge is -2.22. The molecule has 1 amide bonds. The third-order valence-electron chi connectivity index (χ3n) is 3.34. The van der Waals surface area contributed by atoms with Crippen molar-refractivity contribution in [3.63, 3.8) is 0 Å². The molecule has 1 aromatic carbocycles. The molecule has 1 atom stereocenters. The molecule has 0 bridgehead atoms. The molecule has 0 fully saturated rings. The maximum absolute atomic E-state index is 13.0. The Kier molecular flexibility index (Phi) is 5.12. The predicted octanol–water partition coefficient (Wildman–Crippen LogP) is 1.35. The van der Waals surface area contributed by atoms with E-state index in [0.29, 0.717) is 17.0 Å². The quantitative estimate of drug-likeness (QED) is 0.842. The summed E-state index contributed by atoms with van der Waals surface area (Å²) in [5.74, 6) is -0.687. The molecule has 1 aromatic heterocycles. The van der Waals surface area contributed by atoms with Crippen LogP contribution in [0.2, 0.25) is 0 Å². The van der Waals surface area contributed by atoms with E-state index in [9.17, 15) is 14.3 Å². The van der Waals surface area contributed by atoms with Gasteiger partial charge in [0, 0.05) is 26.3 Å². The lowest BCUT2D eigenvalue weighted by molar-refractivity contribution is -0.0147. The number of methoxy groups -OCH3 is 1. The van der Waals surface area contributed by atoms with E-state index in [4.69, 9.17) is 4.74 Å². The molecular formula is C16H20FN3O3. The van der Waals surface area contributed by atoms with Gasteiger partial charge in [-0.05, 0) is 37.3 Å². The number of hydrogen-bond donors (Lipinski definition) is 2. The Hall–Kier alpha value is -2.25. The molecule has 0 unspecified atom stereocenters. The molecule has 2 rings (SSSR count). The number of nitrogens with one attached hydrogen (secondary N) is 1. The fourth-order valence-corrected chi connectivity index (χ4v) is 2.16. The summed E-state index contributed by atoms with van der Waals surface area (Å²) in [6.45, 7) is 1.74. The molecule has 6 nitrogen and oxygen atoms in total. The summed E-state index contributed by atoms with van der Waals surface area (Å²) in [5.41, 5.74) is 0.481. The van der Waals surface area contributed by atoms with Crippen LogP contribution < -0.4 is 5.32 Å². The normalized spacial score (nSPS) is 13.6. The van der Waals surface area contributed by atoms with E-state index < -0.39 is 5.60 Å². The van der Waals surface area contributed by atoms with Crippen molar-refractivity contribution in [2.75, 3.05) is 20.3 Å². The van der Waals surface area contributed by atoms with Gasteiger partial charge in [-0.3, -0.25) is 9.48 Å². The molecule has 0 saturated heterocycles. The Morgan fingerprint density at radius 3 is 2.70 bits per heavy atom. The Labute approximate surface area is 133 Å². The third-order valence-corrected chi connectivity index (χ3v) is 3.34. The summed E-state index contributed by atoms with van der Waals surface area (Å²) >= 11 is 0. The maximum atomic E-state index is 13.0. The molecule has 23 heavy (non-hydrogen) atoms. The number of benzene rings is 1. The van der Waals surface area contributed by atoms with Crippen molar-refractivity contribution in [3.8, 4) is 11.3 Å². The van der Waals surface area contributed by atoms with Crippen LogP contribution in [0.1, 0.15) is 17.4 Å². The van der Waals surface area contributed by atoms with Gasteiger partial charge in [-0.25, -0.2) is 4.39 Å². The SMILES string of the molecule is COC[C@@](C)(O)CNC(=O)c1cc(-c2ccc(F)cc2)nn1C. The summed E-state index contributed by atoms with van der Waals surface area (Å²) in [7, 11) is 3.13. The monoisotopic (exact) mass is 321 g/mol. The van der Waals surface area contributed by atoms with E-state index in [1.165, 1.54) is 23.9 Å². The average Bonchev–Trinajstić information content (AvgIpc) is 2.87. The van der Waals surface area contributed by atoms with Crippen molar-refractivity contribution < 1.29 is 19.0 Å². The van der Waals surface area contributed by atoms with Crippen LogP contribution >= 0.6 is 0 Å². The second-order valence-corrected chi connectivity index (χ2v) is 5.66. The minimum absolute atomic E-state index is 0.0523. The molecule has 0 aliphatic rings. The number of hydrogen-bond acceptors (Lipinski definition) is 4. The van der Waals surface area contributed by atoms with E-state index >= 15 is 0 Å². The van der Waals surface area contributed by atoms with Crippen LogP contribution in [0.25, 0.3) is 11.3 Å². The minimum atomic E-state index is -1.15. The van der Waals surface area contributed by atoms with Gasteiger partial charge >= 0.3 is 0 Å². The predicted molar refractivity (Wildman–Crippen MR) is 83.4 cm³/mol. The Balaban J connectivity index is 2.11. The Morgan fingerprint density at radius 1 is 1.43 bits per heavy atom. The number of ether oxygens (including phenoxy) is 1. The smallest absolute Gasteiger partial charge is 0.269 e. The van der Waals surface area contributed by atoms with Crippen LogP contribution in [0.15, 0.2) is 30.3 Å². The summed E-state index contributed by atoms with van der Waals surface area (Å²) in [6.07, 6.45) is 0. The molecule has 0 radical (unpaired) electrons. The van der Waals surface area contributed by atoms with E-state index in [1.54, 1.807) is 32.2 Å². The van der Waals surface area contributed by atoms with Crippen molar-refractivity contribution in [1.29, 1.82) is 0 Å². The van der Waals surface area contributed by atoms with Crippen molar-refractivity contribution >= 4 is 5.91 Å². The first kappa shape index (κ1) is 17.1. The largest absolute Gasteiger partial charge is 0.386 e. The number of halogens is 1. The second-order valence-electron chi connectivity index (χ2n) is 5.66. The highest BCUT2D eigenvalue weighted by Crippen LogP contribution is 2.19. The van der Waals surface area contributed by atoms with Gasteiger partial charge in [0.1, 0.15) is 17.1 Å². The van der Waals surface area contributed by atoms with Crippen LogP contribution in [0.3, 0.4) is 0 Å². The number of aromatic nitrogens is 2. The van der Waals surface area contributed by atoms with Crippen molar-refractivity contribution in [1.82, 2.24) is 15.1 Å². The summed E-state index contributed by atoms with van der Waals surface area (Å²) in [6, 6.07) is 7.50. The van der Waals surface area contributed by atoms with Gasteiger partial charge in [-0.15, -0.1) is 0 Å². The third kappa shape index (κ3) is 4.37. The van der Waals surface area contributed by atoms with Crippen molar-refractivity contribution in [3.05, 3.63) is 41.8 Å². The van der Waals surface area contributed by atoms with Crippen LogP contribution in [0.4, 0.5) is 4.39 Å². The summed E-state index contributed by atoms with van der Waals surface area (Å²) in [5, 5.41) is 16.9. The highest BCUT2D eigenvalue weighted by Gasteiger charge is 2.22. The minimum Gasteiger partial charge on any atom is -0.386 e. The van der Waals surface area contributed by atoms with Crippen LogP contribution in [0, 0.1) is 5.82 Å². The van der Waals surface area contributed by atoms with Gasteiger partial charge in [0.25, 0.3) is 5.91 Å². The average molecular weight is 321 g/mol. The molecular weight excluding hydrogens is 301 g/mol. The molecule has 1 heterocycles. The first-order valence-electron chi connectivity index (χ1n) is 7.12. The van der Waals surface area contributed by atoms with Crippen molar-refractivity contribution in [2.45, 2.75) is 12.5 Å². The number of amides is 1. The fourth-order valence-electron chi connectivity index (χ4n) is 2.16. The van der Waals surface area contributed by atoms with Crippen molar-refractivity contribution in [2.24, 2.45) is 7.05 Å². The lowest BCUT2D eigenvalue weighted by Crippen LogP contribution is -2.44. The van der Waals surface area contributed by atoms with Crippen LogP contribution in [0.5, 0.6) is 0 Å². The second kappa shape index (κ2) is 6.89. The molecule has 7 heteroatoms. The number of rotatable bonds is 6. The zero-order valence-corrected chi connectivity index (χ0v) is 13.3. The molecule has 0 aliphatic carbocycles. The van der Waals surface area contributed by atoms with Gasteiger partial charge in [0.05, 0.1) is 12.3 Å². The number of aryl methyl sites for hydroxylation is 1. The standard InChI is InChI=1S/C16H20FN3O3/c1-16(22,10-23-3)9-18-15(21)14-8-13(19-20(14)2)11-4-6-12(17)7-5-11/h4-8,22H,9-10H2,1-3H3,(H,18,21)/t16-/m0/s1. The lowest BCUT2D eigenvalue weighted by atomic mass is 10.1. The van der Waals surface area contributed by atoms with Crippen LogP contribution in [-0.2, 0) is 11.8 Å². The van der Waals surface area contributed by atoms with Gasteiger partial charge in [-0.1, -0.05) is 0 Å². The van der Waals surface area contributed by atoms with E-state index in [2.05, 4.69) is 10.4 Å². The van der Waals surface area contributed by atoms with Gasteiger partial charge in [0.2, 0.25) is 0 Å². The fraction of sp³-hybridized carbons (Fsp3) is 0.375. The first-order chi connectivity index (χ1) is 10.8. The van der Waals surface area contributed by atoms with Gasteiger partial charge < -0.3 is 15.2 Å². The maximum Gasteiger partial charge on any atom is 0.269 e. The number of carbonyl (C=O) groups excluding carboxylic acids is 1. The molecule has 2 N–H and O–H groups in total. The number of carbonyl (C=O) groups is 1. The molecule has 2 aromatic rings. The van der Waals surface area contributed by atoms with Gasteiger partial charge in [0.15, 0.2) is 0 Å². The summed E-state index contributed by atoms with van der Waals surface area (Å²) in [4.78, 5) is 12.2. The Bertz CT molecular complexity index is 680. The molecule has 0 saturated carbocycles. The van der Waals surface area contributed by atoms with E-state index in [-0.39, 0.29) is 24.9 Å². The number of aliphatic hydroxyl groups is 1. The zero-order valence-electron chi connectivity index (χ0n) is 13.3. The topological polar surface area (TPSA) is 76.4 Å². The van der Waals surface area contributed by atoms with E-state index in [0.717, 1.165) is 0 Å². The van der Waals surface area contributed by atoms with E-state index in [1.807, 2.05) is 0 Å². The highest BCUT2D eigenvalue weighted by atomic mass is 19.1. The number of nitrogens with zero attached hydrogens (tertiary/aromatic N) is 2. The molecule has 0 aliphatic heterocycles. The summed E-state index contributed by atoms with van der Waals surface area (Å²) < 4.78 is 19.3. The zero-order chi connectivity index (χ0) is 17.0. The highest BCUT2D eigenvalue weighted by molar-refractivity contribution is 5.93.